The SMILES string of the molecule is Cc1ccc([C@@H]2C[C@@H]3c4ccccc4C=C[C@@]32C#N)cc1. The van der Waals surface area contributed by atoms with Gasteiger partial charge in [-0.05, 0) is 30.0 Å². The third kappa shape index (κ3) is 1.63. The van der Waals surface area contributed by atoms with Gasteiger partial charge in [0.2, 0.25) is 0 Å². The van der Waals surface area contributed by atoms with Gasteiger partial charge in [0.1, 0.15) is 0 Å². The fourth-order valence-corrected chi connectivity index (χ4v) is 3.94. The highest BCUT2D eigenvalue weighted by molar-refractivity contribution is 5.64. The lowest BCUT2D eigenvalue weighted by atomic mass is 9.48. The van der Waals surface area contributed by atoms with Crippen molar-refractivity contribution < 1.29 is 0 Å². The Hall–Kier alpha value is -2.33. The van der Waals surface area contributed by atoms with Crippen molar-refractivity contribution in [1.29, 1.82) is 5.26 Å². The molecule has 102 valence electrons. The first-order valence-corrected chi connectivity index (χ1v) is 7.50. The van der Waals surface area contributed by atoms with E-state index < -0.39 is 0 Å². The lowest BCUT2D eigenvalue weighted by Gasteiger charge is -2.52. The van der Waals surface area contributed by atoms with Crippen molar-refractivity contribution in [2.24, 2.45) is 5.41 Å². The largest absolute Gasteiger partial charge is 0.197 e. The number of aryl methyl sites for hydroxylation is 1. The second-order valence-corrected chi connectivity index (χ2v) is 6.26. The molecule has 0 aromatic heterocycles. The number of rotatable bonds is 1. The molecule has 3 atom stereocenters. The molecule has 2 aliphatic rings. The van der Waals surface area contributed by atoms with Crippen molar-refractivity contribution in [3.63, 3.8) is 0 Å². The fraction of sp³-hybridized carbons (Fsp3) is 0.250. The summed E-state index contributed by atoms with van der Waals surface area (Å²) in [7, 11) is 0. The minimum atomic E-state index is -0.358. The van der Waals surface area contributed by atoms with Gasteiger partial charge in [0.15, 0.2) is 0 Å². The van der Waals surface area contributed by atoms with E-state index in [9.17, 15) is 5.26 Å². The molecule has 0 spiro atoms. The highest BCUT2D eigenvalue weighted by Gasteiger charge is 2.56. The van der Waals surface area contributed by atoms with Crippen LogP contribution in [-0.2, 0) is 0 Å². The van der Waals surface area contributed by atoms with Crippen molar-refractivity contribution in [1.82, 2.24) is 0 Å². The quantitative estimate of drug-likeness (QED) is 0.730. The number of allylic oxidation sites excluding steroid dienone is 1. The molecule has 1 nitrogen and oxygen atoms in total. The number of hydrogen-bond acceptors (Lipinski definition) is 1. The van der Waals surface area contributed by atoms with Crippen molar-refractivity contribution in [2.75, 3.05) is 0 Å². The van der Waals surface area contributed by atoms with Crippen LogP contribution in [0.25, 0.3) is 6.08 Å². The number of fused-ring (bicyclic) bond motifs is 3. The summed E-state index contributed by atoms with van der Waals surface area (Å²) in [6.45, 7) is 2.10. The molecular formula is C20H17N. The number of nitriles is 1. The Morgan fingerprint density at radius 1 is 1.05 bits per heavy atom. The summed E-state index contributed by atoms with van der Waals surface area (Å²) in [6.07, 6.45) is 5.35. The van der Waals surface area contributed by atoms with E-state index in [1.807, 2.05) is 0 Å². The number of hydrogen-bond donors (Lipinski definition) is 0. The van der Waals surface area contributed by atoms with E-state index >= 15 is 0 Å². The minimum absolute atomic E-state index is 0.317. The van der Waals surface area contributed by atoms with Gasteiger partial charge in [-0.2, -0.15) is 5.26 Å². The molecule has 0 radical (unpaired) electrons. The summed E-state index contributed by atoms with van der Waals surface area (Å²) in [5.41, 5.74) is 4.82. The molecule has 0 bridgehead atoms. The first kappa shape index (κ1) is 12.4. The van der Waals surface area contributed by atoms with Gasteiger partial charge >= 0.3 is 0 Å². The van der Waals surface area contributed by atoms with Crippen LogP contribution < -0.4 is 0 Å². The summed E-state index contributed by atoms with van der Waals surface area (Å²) in [5, 5.41) is 9.88. The molecule has 2 aromatic rings. The van der Waals surface area contributed by atoms with Gasteiger partial charge in [-0.15, -0.1) is 0 Å². The van der Waals surface area contributed by atoms with E-state index in [2.05, 4.69) is 73.7 Å². The summed E-state index contributed by atoms with van der Waals surface area (Å²) >= 11 is 0. The Morgan fingerprint density at radius 2 is 1.81 bits per heavy atom. The molecule has 0 saturated heterocycles. The Kier molecular flexibility index (Phi) is 2.56. The molecule has 21 heavy (non-hydrogen) atoms. The lowest BCUT2D eigenvalue weighted by Crippen LogP contribution is -2.45. The van der Waals surface area contributed by atoms with Gasteiger partial charge in [-0.1, -0.05) is 66.2 Å². The molecule has 1 fully saturated rings. The van der Waals surface area contributed by atoms with Crippen LogP contribution in [0.3, 0.4) is 0 Å². The zero-order valence-electron chi connectivity index (χ0n) is 12.1. The van der Waals surface area contributed by atoms with Crippen LogP contribution in [0.4, 0.5) is 0 Å². The van der Waals surface area contributed by atoms with E-state index in [-0.39, 0.29) is 5.41 Å². The Balaban J connectivity index is 1.77. The number of benzene rings is 2. The zero-order chi connectivity index (χ0) is 14.4. The summed E-state index contributed by atoms with van der Waals surface area (Å²) in [4.78, 5) is 0. The highest BCUT2D eigenvalue weighted by atomic mass is 14.6. The minimum Gasteiger partial charge on any atom is -0.197 e. The van der Waals surface area contributed by atoms with Gasteiger partial charge in [0, 0.05) is 11.8 Å². The van der Waals surface area contributed by atoms with Crippen LogP contribution in [-0.4, -0.2) is 0 Å². The lowest BCUT2D eigenvalue weighted by molar-refractivity contribution is 0.172. The van der Waals surface area contributed by atoms with Crippen molar-refractivity contribution in [2.45, 2.75) is 25.2 Å². The van der Waals surface area contributed by atoms with E-state index in [1.54, 1.807) is 0 Å². The first-order chi connectivity index (χ1) is 10.2. The second kappa shape index (κ2) is 4.33. The maximum absolute atomic E-state index is 9.88. The third-order valence-electron chi connectivity index (χ3n) is 5.21. The predicted molar refractivity (Wildman–Crippen MR) is 84.8 cm³/mol. The molecule has 0 heterocycles. The Morgan fingerprint density at radius 3 is 2.57 bits per heavy atom. The maximum atomic E-state index is 9.88. The molecule has 0 unspecified atom stereocenters. The van der Waals surface area contributed by atoms with Gasteiger partial charge in [0.05, 0.1) is 11.5 Å². The van der Waals surface area contributed by atoms with Gasteiger partial charge < -0.3 is 0 Å². The van der Waals surface area contributed by atoms with Crippen LogP contribution >= 0.6 is 0 Å². The molecular weight excluding hydrogens is 254 g/mol. The zero-order valence-corrected chi connectivity index (χ0v) is 12.1. The monoisotopic (exact) mass is 271 g/mol. The number of nitrogens with zero attached hydrogens (tertiary/aromatic N) is 1. The van der Waals surface area contributed by atoms with E-state index in [4.69, 9.17) is 0 Å². The summed E-state index contributed by atoms with van der Waals surface area (Å²) < 4.78 is 0. The Bertz CT molecular complexity index is 763. The van der Waals surface area contributed by atoms with Crippen molar-refractivity contribution in [3.05, 3.63) is 76.9 Å². The third-order valence-corrected chi connectivity index (χ3v) is 5.21. The molecule has 0 N–H and O–H groups in total. The van der Waals surface area contributed by atoms with Gasteiger partial charge in [0.25, 0.3) is 0 Å². The van der Waals surface area contributed by atoms with E-state index in [0.717, 1.165) is 6.42 Å². The van der Waals surface area contributed by atoms with Crippen molar-refractivity contribution in [3.8, 4) is 6.07 Å². The van der Waals surface area contributed by atoms with Crippen LogP contribution in [0.2, 0.25) is 0 Å². The molecule has 1 heteroatoms. The average molecular weight is 271 g/mol. The van der Waals surface area contributed by atoms with Crippen LogP contribution in [0.5, 0.6) is 0 Å². The van der Waals surface area contributed by atoms with Crippen LogP contribution in [0, 0.1) is 23.7 Å². The second-order valence-electron chi connectivity index (χ2n) is 6.26. The van der Waals surface area contributed by atoms with E-state index in [0.29, 0.717) is 11.8 Å². The highest BCUT2D eigenvalue weighted by Crippen LogP contribution is 2.64. The molecule has 1 saturated carbocycles. The first-order valence-electron chi connectivity index (χ1n) is 7.50. The van der Waals surface area contributed by atoms with Gasteiger partial charge in [-0.25, -0.2) is 0 Å². The fourth-order valence-electron chi connectivity index (χ4n) is 3.94. The summed E-state index contributed by atoms with van der Waals surface area (Å²) in [5.74, 6) is 0.660. The molecule has 2 aliphatic carbocycles. The molecule has 0 amide bonds. The molecule has 4 rings (SSSR count). The molecule has 2 aromatic carbocycles. The van der Waals surface area contributed by atoms with E-state index in [1.165, 1.54) is 22.3 Å². The predicted octanol–water partition coefficient (Wildman–Crippen LogP) is 4.80. The van der Waals surface area contributed by atoms with Gasteiger partial charge in [-0.3, -0.25) is 0 Å². The smallest absolute Gasteiger partial charge is 0.0893 e. The Labute approximate surface area is 125 Å². The molecule has 0 aliphatic heterocycles. The van der Waals surface area contributed by atoms with Crippen LogP contribution in [0.1, 0.15) is 40.5 Å². The maximum Gasteiger partial charge on any atom is 0.0893 e. The summed E-state index contributed by atoms with van der Waals surface area (Å²) in [6, 6.07) is 19.8. The van der Waals surface area contributed by atoms with Crippen LogP contribution in [0.15, 0.2) is 54.6 Å². The average Bonchev–Trinajstić information content (AvgIpc) is 2.50. The topological polar surface area (TPSA) is 23.8 Å². The standard InChI is InChI=1S/C20H17N/c1-14-6-8-16(9-7-14)18-12-19-17-5-3-2-4-15(17)10-11-20(18,19)13-21/h2-11,18-19H,12H2,1H3/t18-,19+,20-/m0/s1. The normalized spacial score (nSPS) is 29.0. The van der Waals surface area contributed by atoms with Crippen molar-refractivity contribution >= 4 is 6.08 Å².